The van der Waals surface area contributed by atoms with Gasteiger partial charge in [-0.3, -0.25) is 0 Å². The van der Waals surface area contributed by atoms with E-state index < -0.39 is 6.10 Å². The molecule has 0 aromatic rings. The molecule has 4 rings (SSSR count). The lowest BCUT2D eigenvalue weighted by molar-refractivity contribution is -0.0130. The van der Waals surface area contributed by atoms with Crippen LogP contribution in [0.1, 0.15) is 51.9 Å². The fourth-order valence-electron chi connectivity index (χ4n) is 5.65. The lowest BCUT2D eigenvalue weighted by Gasteiger charge is -2.39. The molecule has 0 bridgehead atoms. The Morgan fingerprint density at radius 2 is 1.97 bits per heavy atom. The van der Waals surface area contributed by atoms with E-state index >= 15 is 0 Å². The van der Waals surface area contributed by atoms with Crippen molar-refractivity contribution in [1.29, 1.82) is 0 Å². The van der Waals surface area contributed by atoms with Gasteiger partial charge in [-0.05, 0) is 62.4 Å². The zero-order valence-corrected chi connectivity index (χ0v) is 17.9. The normalized spacial score (nSPS) is 33.9. The minimum Gasteiger partial charge on any atom is -0.493 e. The van der Waals surface area contributed by atoms with Crippen LogP contribution in [0.4, 0.5) is 4.79 Å². The van der Waals surface area contributed by atoms with Gasteiger partial charge in [0.05, 0.1) is 26.4 Å². The summed E-state index contributed by atoms with van der Waals surface area (Å²) in [5.74, 6) is 2.42. The summed E-state index contributed by atoms with van der Waals surface area (Å²) in [5, 5.41) is 11.1. The van der Waals surface area contributed by atoms with Gasteiger partial charge in [0.25, 0.3) is 0 Å². The smallest absolute Gasteiger partial charge is 0.409 e. The van der Waals surface area contributed by atoms with E-state index in [2.05, 4.69) is 13.0 Å². The van der Waals surface area contributed by atoms with Crippen molar-refractivity contribution in [3.63, 3.8) is 0 Å². The molecule has 1 aliphatic heterocycles. The quantitative estimate of drug-likeness (QED) is 0.727. The van der Waals surface area contributed by atoms with E-state index in [1.54, 1.807) is 12.0 Å². The van der Waals surface area contributed by atoms with Crippen LogP contribution in [0.25, 0.3) is 0 Å². The summed E-state index contributed by atoms with van der Waals surface area (Å²) in [6.07, 6.45) is 11.3. The Kier molecular flexibility index (Phi) is 5.83. The number of hydrogen-bond acceptors (Lipinski definition) is 5. The first-order valence-corrected chi connectivity index (χ1v) is 11.1. The number of carbonyl (C=O) groups is 1. The second-order valence-electron chi connectivity index (χ2n) is 9.49. The predicted octanol–water partition coefficient (Wildman–Crippen LogP) is 3.86. The van der Waals surface area contributed by atoms with Crippen molar-refractivity contribution in [3.8, 4) is 0 Å². The van der Waals surface area contributed by atoms with Gasteiger partial charge < -0.3 is 24.2 Å². The average Bonchev–Trinajstić information content (AvgIpc) is 3.34. The lowest BCUT2D eigenvalue weighted by atomic mass is 9.66. The van der Waals surface area contributed by atoms with Crippen LogP contribution < -0.4 is 0 Å². The molecule has 1 saturated heterocycles. The summed E-state index contributed by atoms with van der Waals surface area (Å²) in [6.45, 7) is 3.28. The van der Waals surface area contributed by atoms with Crippen molar-refractivity contribution in [1.82, 2.24) is 4.90 Å². The van der Waals surface area contributed by atoms with Crippen LogP contribution in [-0.2, 0) is 14.2 Å². The fourth-order valence-corrected chi connectivity index (χ4v) is 5.65. The summed E-state index contributed by atoms with van der Waals surface area (Å²) in [5.41, 5.74) is -0.354. The minimum absolute atomic E-state index is 0.147. The third-order valence-electron chi connectivity index (χ3n) is 7.51. The van der Waals surface area contributed by atoms with Gasteiger partial charge in [0.15, 0.2) is 5.76 Å². The van der Waals surface area contributed by atoms with E-state index in [0.29, 0.717) is 19.0 Å². The van der Waals surface area contributed by atoms with Crippen LogP contribution in [0, 0.1) is 23.2 Å². The first kappa shape index (κ1) is 20.6. The van der Waals surface area contributed by atoms with Crippen molar-refractivity contribution in [2.45, 2.75) is 64.1 Å². The Morgan fingerprint density at radius 1 is 1.24 bits per heavy atom. The van der Waals surface area contributed by atoms with E-state index in [1.165, 1.54) is 20.0 Å². The monoisotopic (exact) mass is 405 g/mol. The molecular formula is C23H35NO5. The maximum Gasteiger partial charge on any atom is 0.409 e. The second kappa shape index (κ2) is 8.21. The maximum atomic E-state index is 12.3. The van der Waals surface area contributed by atoms with Gasteiger partial charge >= 0.3 is 6.09 Å². The van der Waals surface area contributed by atoms with Gasteiger partial charge in [-0.2, -0.15) is 0 Å². The van der Waals surface area contributed by atoms with Crippen LogP contribution in [0.5, 0.6) is 0 Å². The molecule has 2 saturated carbocycles. The molecule has 1 amide bonds. The molecule has 1 unspecified atom stereocenters. The number of aliphatic hydroxyl groups excluding tert-OH is 1. The van der Waals surface area contributed by atoms with Gasteiger partial charge in [0.1, 0.15) is 5.76 Å². The molecule has 4 atom stereocenters. The van der Waals surface area contributed by atoms with E-state index in [1.807, 2.05) is 6.08 Å². The predicted molar refractivity (Wildman–Crippen MR) is 109 cm³/mol. The maximum absolute atomic E-state index is 12.3. The number of carbonyl (C=O) groups excluding carboxylic acids is 1. The minimum atomic E-state index is -0.400. The fraction of sp³-hybridized carbons (Fsp3) is 0.783. The van der Waals surface area contributed by atoms with E-state index in [-0.39, 0.29) is 29.4 Å². The zero-order valence-electron chi connectivity index (χ0n) is 17.9. The molecule has 0 aromatic heterocycles. The third-order valence-corrected chi connectivity index (χ3v) is 7.51. The number of likely N-dealkylation sites (tertiary alicyclic amines) is 1. The number of allylic oxidation sites excluding steroid dienone is 3. The highest BCUT2D eigenvalue weighted by Crippen LogP contribution is 2.52. The van der Waals surface area contributed by atoms with Crippen LogP contribution in [0.15, 0.2) is 23.7 Å². The first-order chi connectivity index (χ1) is 14.0. The topological polar surface area (TPSA) is 68.2 Å². The van der Waals surface area contributed by atoms with Gasteiger partial charge in [0, 0.05) is 24.9 Å². The van der Waals surface area contributed by atoms with Crippen molar-refractivity contribution < 1.29 is 24.1 Å². The lowest BCUT2D eigenvalue weighted by Crippen LogP contribution is -2.44. The molecule has 0 radical (unpaired) electrons. The average molecular weight is 406 g/mol. The van der Waals surface area contributed by atoms with Crippen molar-refractivity contribution in [3.05, 3.63) is 23.7 Å². The Morgan fingerprint density at radius 3 is 2.59 bits per heavy atom. The molecule has 1 heterocycles. The first-order valence-electron chi connectivity index (χ1n) is 11.1. The van der Waals surface area contributed by atoms with Gasteiger partial charge in [0.2, 0.25) is 0 Å². The second-order valence-corrected chi connectivity index (χ2v) is 9.49. The zero-order chi connectivity index (χ0) is 20.6. The Labute approximate surface area is 173 Å². The number of hydrogen-bond donors (Lipinski definition) is 1. The highest BCUT2D eigenvalue weighted by molar-refractivity contribution is 5.68. The molecule has 1 N–H and O–H groups in total. The number of methoxy groups -OCH3 is 2. The highest BCUT2D eigenvalue weighted by atomic mass is 16.5. The van der Waals surface area contributed by atoms with Gasteiger partial charge in [-0.1, -0.05) is 13.0 Å². The number of nitrogens with zero attached hydrogens (tertiary/aromatic N) is 1. The van der Waals surface area contributed by atoms with Crippen LogP contribution in [-0.4, -0.2) is 55.6 Å². The molecule has 4 aliphatic rings. The summed E-state index contributed by atoms with van der Waals surface area (Å²) in [7, 11) is 3.11. The summed E-state index contributed by atoms with van der Waals surface area (Å²) in [4.78, 5) is 14.0. The van der Waals surface area contributed by atoms with E-state index in [4.69, 9.17) is 14.2 Å². The van der Waals surface area contributed by atoms with Gasteiger partial charge in [-0.15, -0.1) is 0 Å². The van der Waals surface area contributed by atoms with Crippen LogP contribution in [0.2, 0.25) is 0 Å². The summed E-state index contributed by atoms with van der Waals surface area (Å²) < 4.78 is 16.9. The summed E-state index contributed by atoms with van der Waals surface area (Å²) in [6, 6.07) is 0. The number of rotatable bonds is 6. The Hall–Kier alpha value is -1.69. The molecule has 29 heavy (non-hydrogen) atoms. The molecule has 6 nitrogen and oxygen atoms in total. The van der Waals surface area contributed by atoms with E-state index in [0.717, 1.165) is 43.6 Å². The molecule has 162 valence electrons. The molecule has 0 spiro atoms. The Balaban J connectivity index is 1.55. The standard InChI is InChI=1S/C23H35NO5/c1-23(21(25)15-8-9-15)14-24(22(26)28-3)13-18(23)16-10-11-19(27-2)20(12-16)29-17-6-4-5-7-17/h10-11,15-18,21,25H,4-9,12-14H2,1-3H3/t16?,18-,21+,23+/m0/s1. The van der Waals surface area contributed by atoms with Crippen molar-refractivity contribution in [2.75, 3.05) is 27.3 Å². The third kappa shape index (κ3) is 4.00. The highest BCUT2D eigenvalue weighted by Gasteiger charge is 2.55. The molecule has 3 fully saturated rings. The van der Waals surface area contributed by atoms with Gasteiger partial charge in [-0.25, -0.2) is 4.79 Å². The summed E-state index contributed by atoms with van der Waals surface area (Å²) >= 11 is 0. The number of amides is 1. The Bertz CT molecular complexity index is 679. The molecular weight excluding hydrogens is 370 g/mol. The largest absolute Gasteiger partial charge is 0.493 e. The van der Waals surface area contributed by atoms with Crippen LogP contribution >= 0.6 is 0 Å². The molecule has 6 heteroatoms. The van der Waals surface area contributed by atoms with Crippen molar-refractivity contribution >= 4 is 6.09 Å². The molecule has 3 aliphatic carbocycles. The SMILES string of the molecule is COC(=O)N1C[C@@H](C2C=CC(OC)=C(OC3CCCC3)C2)[C@](C)([C@H](O)C2CC2)C1. The number of ether oxygens (including phenoxy) is 3. The van der Waals surface area contributed by atoms with Crippen LogP contribution in [0.3, 0.4) is 0 Å². The van der Waals surface area contributed by atoms with E-state index in [9.17, 15) is 9.90 Å². The van der Waals surface area contributed by atoms with Crippen molar-refractivity contribution in [2.24, 2.45) is 23.2 Å². The number of aliphatic hydroxyl groups is 1. The molecule has 0 aromatic carbocycles.